The number of hydrogen-bond donors (Lipinski definition) is 2. The van der Waals surface area contributed by atoms with Crippen LogP contribution in [0, 0.1) is 20.2 Å². The van der Waals surface area contributed by atoms with Gasteiger partial charge in [-0.1, -0.05) is 12.1 Å². The predicted octanol–water partition coefficient (Wildman–Crippen LogP) is 3.90. The number of nitro benzene ring substituents is 2. The van der Waals surface area contributed by atoms with Gasteiger partial charge < -0.3 is 14.5 Å². The van der Waals surface area contributed by atoms with Crippen LogP contribution < -0.4 is 15.4 Å². The molecule has 0 aliphatic rings. The van der Waals surface area contributed by atoms with Crippen LogP contribution in [-0.4, -0.2) is 28.0 Å². The van der Waals surface area contributed by atoms with E-state index in [9.17, 15) is 25.0 Å². The number of nitrogens with zero attached hydrogens (tertiary/aromatic N) is 2. The van der Waals surface area contributed by atoms with Crippen molar-refractivity contribution in [3.63, 3.8) is 0 Å². The molecule has 2 aromatic carbocycles. The fourth-order valence-electron chi connectivity index (χ4n) is 2.61. The Labute approximate surface area is 179 Å². The normalized spacial score (nSPS) is 10.2. The van der Waals surface area contributed by atoms with E-state index >= 15 is 0 Å². The van der Waals surface area contributed by atoms with Gasteiger partial charge in [-0.3, -0.25) is 30.3 Å². The lowest BCUT2D eigenvalue weighted by atomic mass is 10.1. The van der Waals surface area contributed by atoms with Crippen LogP contribution in [0.3, 0.4) is 0 Å². The number of nitrogens with one attached hydrogen (secondary N) is 2. The molecule has 0 atom stereocenters. The third-order valence-corrected chi connectivity index (χ3v) is 4.24. The van der Waals surface area contributed by atoms with E-state index < -0.39 is 15.8 Å². The fraction of sp³-hybridized carbons (Fsp3) is 0.0526. The number of furan rings is 1. The number of anilines is 1. The Hall–Kier alpha value is -4.32. The summed E-state index contributed by atoms with van der Waals surface area (Å²) in [6, 6.07) is 12.5. The maximum atomic E-state index is 12.4. The maximum absolute atomic E-state index is 12.4. The first-order chi connectivity index (χ1) is 14.8. The molecule has 0 unspecified atom stereocenters. The highest BCUT2D eigenvalue weighted by atomic mass is 32.1. The first-order valence-corrected chi connectivity index (χ1v) is 8.98. The van der Waals surface area contributed by atoms with E-state index in [-0.39, 0.29) is 39.4 Å². The Bertz CT molecular complexity index is 1190. The van der Waals surface area contributed by atoms with Crippen molar-refractivity contribution in [3.05, 3.63) is 80.6 Å². The average molecular weight is 442 g/mol. The van der Waals surface area contributed by atoms with E-state index in [1.165, 1.54) is 55.6 Å². The summed E-state index contributed by atoms with van der Waals surface area (Å²) in [6.07, 6.45) is 0. The van der Waals surface area contributed by atoms with E-state index in [4.69, 9.17) is 21.4 Å². The Balaban J connectivity index is 1.72. The number of thiocarbonyl (C=S) groups is 1. The summed E-state index contributed by atoms with van der Waals surface area (Å²) in [5.41, 5.74) is 0.315. The first-order valence-electron chi connectivity index (χ1n) is 8.58. The SMILES string of the molecule is COc1ccc([N+](=O)[O-])cc1NC(=S)NC(=O)c1ccc(-c2cccc([N+](=O)[O-])c2)o1. The van der Waals surface area contributed by atoms with Gasteiger partial charge in [0.05, 0.1) is 22.6 Å². The molecule has 0 bridgehead atoms. The summed E-state index contributed by atoms with van der Waals surface area (Å²) >= 11 is 5.09. The number of carbonyl (C=O) groups is 1. The molecule has 0 saturated heterocycles. The van der Waals surface area contributed by atoms with Crippen molar-refractivity contribution >= 4 is 40.3 Å². The molecule has 1 amide bonds. The zero-order chi connectivity index (χ0) is 22.5. The van der Waals surface area contributed by atoms with Crippen LogP contribution in [0.2, 0.25) is 0 Å². The Kier molecular flexibility index (Phi) is 6.21. The summed E-state index contributed by atoms with van der Waals surface area (Å²) in [5.74, 6) is -0.225. The van der Waals surface area contributed by atoms with Gasteiger partial charge in [0.15, 0.2) is 10.9 Å². The number of carbonyl (C=O) groups excluding carboxylic acids is 1. The van der Waals surface area contributed by atoms with E-state index in [0.717, 1.165) is 0 Å². The minimum atomic E-state index is -0.682. The van der Waals surface area contributed by atoms with Gasteiger partial charge in [-0.15, -0.1) is 0 Å². The first kappa shape index (κ1) is 21.4. The zero-order valence-electron chi connectivity index (χ0n) is 15.9. The Morgan fingerprint density at radius 3 is 2.42 bits per heavy atom. The van der Waals surface area contributed by atoms with E-state index in [2.05, 4.69) is 10.6 Å². The second-order valence-corrected chi connectivity index (χ2v) is 6.43. The molecule has 3 rings (SSSR count). The maximum Gasteiger partial charge on any atom is 0.293 e. The van der Waals surface area contributed by atoms with Crippen LogP contribution in [0.5, 0.6) is 5.75 Å². The average Bonchev–Trinajstić information content (AvgIpc) is 3.24. The lowest BCUT2D eigenvalue weighted by Gasteiger charge is -2.12. The van der Waals surface area contributed by atoms with Crippen LogP contribution in [0.15, 0.2) is 59.0 Å². The number of methoxy groups -OCH3 is 1. The van der Waals surface area contributed by atoms with Gasteiger partial charge in [-0.2, -0.15) is 0 Å². The zero-order valence-corrected chi connectivity index (χ0v) is 16.7. The highest BCUT2D eigenvalue weighted by Crippen LogP contribution is 2.29. The summed E-state index contributed by atoms with van der Waals surface area (Å²) < 4.78 is 10.6. The van der Waals surface area contributed by atoms with Crippen molar-refractivity contribution in [2.24, 2.45) is 0 Å². The van der Waals surface area contributed by atoms with E-state index in [1.807, 2.05) is 0 Å². The highest BCUT2D eigenvalue weighted by molar-refractivity contribution is 7.80. The number of benzene rings is 2. The number of hydrogen-bond acceptors (Lipinski definition) is 8. The van der Waals surface area contributed by atoms with Crippen LogP contribution >= 0.6 is 12.2 Å². The Morgan fingerprint density at radius 2 is 1.74 bits per heavy atom. The topological polar surface area (TPSA) is 150 Å². The summed E-state index contributed by atoms with van der Waals surface area (Å²) in [7, 11) is 1.38. The molecule has 0 saturated carbocycles. The smallest absolute Gasteiger partial charge is 0.293 e. The van der Waals surface area contributed by atoms with Gasteiger partial charge >= 0.3 is 0 Å². The van der Waals surface area contributed by atoms with Crippen molar-refractivity contribution < 1.29 is 23.8 Å². The largest absolute Gasteiger partial charge is 0.495 e. The Morgan fingerprint density at radius 1 is 1.03 bits per heavy atom. The second-order valence-electron chi connectivity index (χ2n) is 6.02. The summed E-state index contributed by atoms with van der Waals surface area (Å²) in [4.78, 5) is 33.2. The molecule has 158 valence electrons. The van der Waals surface area contributed by atoms with Gasteiger partial charge in [-0.25, -0.2) is 0 Å². The summed E-state index contributed by atoms with van der Waals surface area (Å²) in [5, 5.41) is 26.8. The van der Waals surface area contributed by atoms with Crippen LogP contribution in [0.4, 0.5) is 17.1 Å². The highest BCUT2D eigenvalue weighted by Gasteiger charge is 2.17. The molecule has 0 aliphatic heterocycles. The van der Waals surface area contributed by atoms with Gasteiger partial charge in [0, 0.05) is 29.8 Å². The van der Waals surface area contributed by atoms with Crippen LogP contribution in [0.1, 0.15) is 10.6 Å². The van der Waals surface area contributed by atoms with Crippen LogP contribution in [0.25, 0.3) is 11.3 Å². The minimum Gasteiger partial charge on any atom is -0.495 e. The molecule has 31 heavy (non-hydrogen) atoms. The molecular weight excluding hydrogens is 428 g/mol. The molecule has 0 aliphatic carbocycles. The third-order valence-electron chi connectivity index (χ3n) is 4.04. The molecule has 3 aromatic rings. The van der Waals surface area contributed by atoms with Gasteiger partial charge in [0.1, 0.15) is 11.5 Å². The number of nitro groups is 2. The molecule has 0 radical (unpaired) electrons. The van der Waals surface area contributed by atoms with Crippen molar-refractivity contribution in [3.8, 4) is 17.1 Å². The number of rotatable bonds is 6. The van der Waals surface area contributed by atoms with Crippen molar-refractivity contribution in [2.75, 3.05) is 12.4 Å². The van der Waals surface area contributed by atoms with Crippen LogP contribution in [-0.2, 0) is 0 Å². The molecule has 0 spiro atoms. The van der Waals surface area contributed by atoms with Crippen molar-refractivity contribution in [2.45, 2.75) is 0 Å². The molecule has 2 N–H and O–H groups in total. The summed E-state index contributed by atoms with van der Waals surface area (Å²) in [6.45, 7) is 0. The number of non-ortho nitro benzene ring substituents is 2. The predicted molar refractivity (Wildman–Crippen MR) is 114 cm³/mol. The van der Waals surface area contributed by atoms with Crippen molar-refractivity contribution in [1.82, 2.24) is 5.32 Å². The standard InChI is InChI=1S/C19H14N4O7S/c1-29-16-6-5-13(23(27)28)10-14(16)20-19(31)21-18(24)17-8-7-15(30-17)11-3-2-4-12(9-11)22(25)26/h2-10H,1H3,(H2,20,21,24,31). The number of amides is 1. The van der Waals surface area contributed by atoms with Crippen molar-refractivity contribution in [1.29, 1.82) is 0 Å². The third kappa shape index (κ3) is 5.00. The number of ether oxygens (including phenoxy) is 1. The minimum absolute atomic E-state index is 0.0864. The van der Waals surface area contributed by atoms with Gasteiger partial charge in [-0.05, 0) is 30.4 Å². The van der Waals surface area contributed by atoms with E-state index in [1.54, 1.807) is 6.07 Å². The molecule has 0 fully saturated rings. The molecule has 11 nitrogen and oxygen atoms in total. The molecule has 1 aromatic heterocycles. The molecule has 12 heteroatoms. The molecular formula is C19H14N4O7S. The fourth-order valence-corrected chi connectivity index (χ4v) is 2.82. The monoisotopic (exact) mass is 442 g/mol. The van der Waals surface area contributed by atoms with Gasteiger partial charge in [0.25, 0.3) is 17.3 Å². The van der Waals surface area contributed by atoms with E-state index in [0.29, 0.717) is 5.56 Å². The van der Waals surface area contributed by atoms with Gasteiger partial charge in [0.2, 0.25) is 0 Å². The lowest BCUT2D eigenvalue weighted by molar-refractivity contribution is -0.385. The quantitative estimate of drug-likeness (QED) is 0.329. The second kappa shape index (κ2) is 9.00. The lowest BCUT2D eigenvalue weighted by Crippen LogP contribution is -2.34. The molecule has 1 heterocycles.